The molecule has 0 radical (unpaired) electrons. The minimum atomic E-state index is -0.793. The van der Waals surface area contributed by atoms with Gasteiger partial charge in [0.25, 0.3) is 5.91 Å². The van der Waals surface area contributed by atoms with Crippen LogP contribution in [0.25, 0.3) is 0 Å². The molecule has 1 atom stereocenters. The highest BCUT2D eigenvalue weighted by atomic mass is 16.5. The van der Waals surface area contributed by atoms with E-state index in [9.17, 15) is 14.9 Å². The number of amides is 2. The van der Waals surface area contributed by atoms with Gasteiger partial charge in [0.15, 0.2) is 0 Å². The van der Waals surface area contributed by atoms with Crippen molar-refractivity contribution in [3.8, 4) is 11.8 Å². The van der Waals surface area contributed by atoms with Crippen molar-refractivity contribution < 1.29 is 14.3 Å². The van der Waals surface area contributed by atoms with Crippen molar-refractivity contribution >= 4 is 11.8 Å². The summed E-state index contributed by atoms with van der Waals surface area (Å²) < 4.78 is 5.74. The summed E-state index contributed by atoms with van der Waals surface area (Å²) in [6, 6.07) is 16.3. The Kier molecular flexibility index (Phi) is 6.03. The van der Waals surface area contributed by atoms with Crippen LogP contribution in [0.1, 0.15) is 40.7 Å². The monoisotopic (exact) mass is 415 g/mol. The highest BCUT2D eigenvalue weighted by Crippen LogP contribution is 2.34. The third-order valence-corrected chi connectivity index (χ3v) is 5.67. The largest absolute Gasteiger partial charge is 0.490 e. The predicted molar refractivity (Wildman–Crippen MR) is 117 cm³/mol. The van der Waals surface area contributed by atoms with E-state index in [4.69, 9.17) is 4.74 Å². The summed E-state index contributed by atoms with van der Waals surface area (Å²) in [5.41, 5.74) is 1.59. The molecule has 0 spiro atoms. The van der Waals surface area contributed by atoms with Crippen LogP contribution in [0.2, 0.25) is 0 Å². The Morgan fingerprint density at radius 1 is 1.13 bits per heavy atom. The summed E-state index contributed by atoms with van der Waals surface area (Å²) in [6.45, 7) is 0.475. The molecular formula is C25H25N3O3. The average molecular weight is 415 g/mol. The summed E-state index contributed by atoms with van der Waals surface area (Å²) in [7, 11) is 0. The molecule has 0 saturated heterocycles. The second-order valence-electron chi connectivity index (χ2n) is 8.04. The van der Waals surface area contributed by atoms with Gasteiger partial charge in [-0.05, 0) is 55.0 Å². The molecule has 2 bridgehead atoms. The summed E-state index contributed by atoms with van der Waals surface area (Å²) in [6.07, 6.45) is 7.11. The van der Waals surface area contributed by atoms with Crippen molar-refractivity contribution in [3.05, 3.63) is 77.4 Å². The Morgan fingerprint density at radius 2 is 1.90 bits per heavy atom. The zero-order chi connectivity index (χ0) is 21.7. The predicted octanol–water partition coefficient (Wildman–Crippen LogP) is 3.08. The van der Waals surface area contributed by atoms with Crippen LogP contribution in [-0.2, 0) is 17.6 Å². The quantitative estimate of drug-likeness (QED) is 0.738. The number of nitrogens with one attached hydrogen (secondary N) is 2. The lowest BCUT2D eigenvalue weighted by Gasteiger charge is -2.21. The highest BCUT2D eigenvalue weighted by Gasteiger charge is 2.45. The molecule has 1 aliphatic carbocycles. The van der Waals surface area contributed by atoms with Gasteiger partial charge in [-0.1, -0.05) is 42.5 Å². The molecule has 6 nitrogen and oxygen atoms in total. The normalized spacial score (nSPS) is 20.0. The van der Waals surface area contributed by atoms with E-state index >= 15 is 0 Å². The van der Waals surface area contributed by atoms with E-state index in [1.54, 1.807) is 6.07 Å². The Labute approximate surface area is 181 Å². The van der Waals surface area contributed by atoms with Crippen LogP contribution in [0.15, 0.2) is 60.7 Å². The van der Waals surface area contributed by atoms with Crippen molar-refractivity contribution in [2.24, 2.45) is 0 Å². The first-order chi connectivity index (χ1) is 15.1. The number of rotatable bonds is 2. The maximum Gasteiger partial charge on any atom is 0.252 e. The zero-order valence-electron chi connectivity index (χ0n) is 17.3. The summed E-state index contributed by atoms with van der Waals surface area (Å²) >= 11 is 0. The molecule has 1 fully saturated rings. The van der Waals surface area contributed by atoms with Gasteiger partial charge in [0.2, 0.25) is 5.91 Å². The molecule has 1 unspecified atom stereocenters. The molecule has 2 amide bonds. The van der Waals surface area contributed by atoms with Crippen molar-refractivity contribution in [3.63, 3.8) is 0 Å². The van der Waals surface area contributed by atoms with E-state index in [-0.39, 0.29) is 11.8 Å². The molecule has 2 heterocycles. The second kappa shape index (κ2) is 9.05. The number of aryl methyl sites for hydroxylation is 1. The lowest BCUT2D eigenvalue weighted by Crippen LogP contribution is -2.51. The van der Waals surface area contributed by atoms with Crippen molar-refractivity contribution in [1.29, 1.82) is 5.26 Å². The number of hydrogen-bond acceptors (Lipinski definition) is 4. The number of ether oxygens (including phenoxy) is 1. The van der Waals surface area contributed by atoms with Gasteiger partial charge in [-0.2, -0.15) is 5.26 Å². The van der Waals surface area contributed by atoms with E-state index in [0.717, 1.165) is 23.3 Å². The first-order valence-electron chi connectivity index (χ1n) is 10.6. The fourth-order valence-electron chi connectivity index (χ4n) is 3.64. The maximum absolute atomic E-state index is 13.1. The zero-order valence-corrected chi connectivity index (χ0v) is 17.3. The van der Waals surface area contributed by atoms with Crippen LogP contribution in [0, 0.1) is 11.3 Å². The minimum absolute atomic E-state index is 0.284. The Hall–Kier alpha value is -3.59. The molecule has 2 N–H and O–H groups in total. The summed E-state index contributed by atoms with van der Waals surface area (Å²) in [5, 5.41) is 15.1. The minimum Gasteiger partial charge on any atom is -0.490 e. The molecule has 2 aromatic rings. The molecule has 31 heavy (non-hydrogen) atoms. The molecule has 2 aromatic carbocycles. The molecule has 6 heteroatoms. The average Bonchev–Trinajstić information content (AvgIpc) is 3.56. The van der Waals surface area contributed by atoms with Gasteiger partial charge in [-0.25, -0.2) is 0 Å². The van der Waals surface area contributed by atoms with Gasteiger partial charge >= 0.3 is 0 Å². The third-order valence-electron chi connectivity index (χ3n) is 5.67. The number of carbonyl (C=O) groups is 2. The Bertz CT molecular complexity index is 1030. The van der Waals surface area contributed by atoms with E-state index in [2.05, 4.69) is 16.7 Å². The molecule has 0 aromatic heterocycles. The topological polar surface area (TPSA) is 91.2 Å². The van der Waals surface area contributed by atoms with Crippen LogP contribution >= 0.6 is 0 Å². The Morgan fingerprint density at radius 3 is 2.65 bits per heavy atom. The molecule has 5 rings (SSSR count). The standard InChI is InChI=1S/C25H25N3O3/c26-17-25(13-14-25)28-24(30)22-16-18-9-11-20(12-10-18)31-15-5-1-2-6-19-7-3-4-8-21(19)23(29)27-22/h1,3-5,7-12,22H,2,6,13-16H2,(H,27,29)(H,28,30). The SMILES string of the molecule is N#CC1(NC(=O)C2Cc3ccc(cc3)OCC=CCCc3ccccc3C(=O)N2)CC1. The summed E-state index contributed by atoms with van der Waals surface area (Å²) in [5.74, 6) is 0.125. The molecule has 3 aliphatic rings. The molecule has 2 aliphatic heterocycles. The van der Waals surface area contributed by atoms with E-state index < -0.39 is 11.6 Å². The number of fused-ring (bicyclic) bond motifs is 9. The van der Waals surface area contributed by atoms with E-state index in [1.807, 2.05) is 54.6 Å². The molecule has 1 saturated carbocycles. The highest BCUT2D eigenvalue weighted by molar-refractivity contribution is 5.99. The van der Waals surface area contributed by atoms with Gasteiger partial charge in [0, 0.05) is 12.0 Å². The number of nitriles is 1. The van der Waals surface area contributed by atoms with Crippen LogP contribution in [0.3, 0.4) is 0 Å². The smallest absolute Gasteiger partial charge is 0.252 e. The third kappa shape index (κ3) is 5.13. The Balaban J connectivity index is 1.62. The fraction of sp³-hybridized carbons (Fsp3) is 0.320. The maximum atomic E-state index is 13.1. The number of benzene rings is 2. The second-order valence-corrected chi connectivity index (χ2v) is 8.04. The van der Waals surface area contributed by atoms with Gasteiger partial charge in [-0.3, -0.25) is 9.59 Å². The number of allylic oxidation sites excluding steroid dienone is 1. The van der Waals surface area contributed by atoms with Gasteiger partial charge in [-0.15, -0.1) is 0 Å². The van der Waals surface area contributed by atoms with E-state index in [1.165, 1.54) is 0 Å². The van der Waals surface area contributed by atoms with Crippen molar-refractivity contribution in [1.82, 2.24) is 10.6 Å². The first kappa shape index (κ1) is 20.7. The number of nitrogens with zero attached hydrogens (tertiary/aromatic N) is 1. The van der Waals surface area contributed by atoms with Crippen LogP contribution in [0.5, 0.6) is 5.75 Å². The fourth-order valence-corrected chi connectivity index (χ4v) is 3.64. The summed E-state index contributed by atoms with van der Waals surface area (Å²) in [4.78, 5) is 26.1. The number of carbonyl (C=O) groups excluding carboxylic acids is 2. The van der Waals surface area contributed by atoms with Gasteiger partial charge in [0.1, 0.15) is 23.9 Å². The van der Waals surface area contributed by atoms with Gasteiger partial charge in [0.05, 0.1) is 6.07 Å². The lowest BCUT2D eigenvalue weighted by atomic mass is 10.00. The van der Waals surface area contributed by atoms with Crippen LogP contribution in [-0.4, -0.2) is 30.0 Å². The first-order valence-corrected chi connectivity index (χ1v) is 10.6. The van der Waals surface area contributed by atoms with E-state index in [0.29, 0.717) is 37.9 Å². The lowest BCUT2D eigenvalue weighted by molar-refractivity contribution is -0.123. The van der Waals surface area contributed by atoms with Crippen molar-refractivity contribution in [2.75, 3.05) is 6.61 Å². The molecular weight excluding hydrogens is 390 g/mol. The van der Waals surface area contributed by atoms with Crippen LogP contribution < -0.4 is 15.4 Å². The van der Waals surface area contributed by atoms with Crippen LogP contribution in [0.4, 0.5) is 0 Å². The number of hydrogen-bond donors (Lipinski definition) is 2. The van der Waals surface area contributed by atoms with Gasteiger partial charge < -0.3 is 15.4 Å². The molecule has 158 valence electrons. The van der Waals surface area contributed by atoms with Crippen molar-refractivity contribution in [2.45, 2.75) is 43.7 Å².